The van der Waals surface area contributed by atoms with Gasteiger partial charge in [0.2, 0.25) is 29.5 Å². The van der Waals surface area contributed by atoms with E-state index in [4.69, 9.17) is 10.5 Å². The molecule has 1 heterocycles. The number of alkyl carbamates (subject to hydrolysis) is 1. The number of urea groups is 1. The Morgan fingerprint density at radius 2 is 1.70 bits per heavy atom. The van der Waals surface area contributed by atoms with Gasteiger partial charge in [-0.25, -0.2) is 9.59 Å². The number of nitrogens with one attached hydrogen (secondary N) is 5. The van der Waals surface area contributed by atoms with E-state index in [1.54, 1.807) is 44.4 Å². The average Bonchev–Trinajstić information content (AvgIpc) is 3.31. The molecule has 16 heteroatoms. The first kappa shape index (κ1) is 38.8. The third-order valence-electron chi connectivity index (χ3n) is 7.44. The lowest BCUT2D eigenvalue weighted by atomic mass is 10.0. The molecule has 47 heavy (non-hydrogen) atoms. The maximum absolute atomic E-state index is 13.3. The van der Waals surface area contributed by atoms with Crippen molar-refractivity contribution in [3.63, 3.8) is 0 Å². The van der Waals surface area contributed by atoms with E-state index in [0.717, 1.165) is 0 Å². The number of thioether (sulfide) groups is 1. The second-order valence-corrected chi connectivity index (χ2v) is 12.5. The lowest BCUT2D eigenvalue weighted by molar-refractivity contribution is -0.138. The summed E-state index contributed by atoms with van der Waals surface area (Å²) in [6, 6.07) is 4.01. The van der Waals surface area contributed by atoms with Crippen LogP contribution in [0.4, 0.5) is 15.3 Å². The summed E-state index contributed by atoms with van der Waals surface area (Å²) in [5.74, 6) is -1.99. The Hall–Kier alpha value is -4.34. The Morgan fingerprint density at radius 1 is 1.00 bits per heavy atom. The van der Waals surface area contributed by atoms with Gasteiger partial charge in [0.1, 0.15) is 18.7 Å². The number of likely N-dealkylation sites (tertiary alicyclic amines) is 1. The van der Waals surface area contributed by atoms with Gasteiger partial charge < -0.3 is 37.1 Å². The Bertz CT molecular complexity index is 1260. The molecular weight excluding hydrogens is 630 g/mol. The summed E-state index contributed by atoms with van der Waals surface area (Å²) in [5.41, 5.74) is 6.28. The number of rotatable bonds is 19. The van der Waals surface area contributed by atoms with Gasteiger partial charge in [0.05, 0.1) is 5.25 Å². The van der Waals surface area contributed by atoms with E-state index in [1.165, 1.54) is 23.7 Å². The van der Waals surface area contributed by atoms with Crippen LogP contribution in [0.2, 0.25) is 0 Å². The van der Waals surface area contributed by atoms with Crippen molar-refractivity contribution in [3.05, 3.63) is 29.8 Å². The van der Waals surface area contributed by atoms with Gasteiger partial charge in [-0.1, -0.05) is 32.4 Å². The zero-order chi connectivity index (χ0) is 34.9. The molecule has 2 rings (SSSR count). The Kier molecular flexibility index (Phi) is 16.5. The van der Waals surface area contributed by atoms with Gasteiger partial charge in [-0.15, -0.1) is 0 Å². The summed E-state index contributed by atoms with van der Waals surface area (Å²) in [5, 5.41) is 12.8. The van der Waals surface area contributed by atoms with Crippen molar-refractivity contribution in [1.29, 1.82) is 0 Å². The van der Waals surface area contributed by atoms with E-state index >= 15 is 0 Å². The van der Waals surface area contributed by atoms with Gasteiger partial charge in [-0.3, -0.25) is 28.9 Å². The third-order valence-corrected chi connectivity index (χ3v) is 8.37. The lowest BCUT2D eigenvalue weighted by Crippen LogP contribution is -2.54. The Labute approximate surface area is 279 Å². The molecule has 3 atom stereocenters. The lowest BCUT2D eigenvalue weighted by Gasteiger charge is -2.25. The first-order valence-electron chi connectivity index (χ1n) is 15.6. The number of primary amides is 1. The topological polar surface area (TPSA) is 218 Å². The standard InChI is InChI=1S/C31H47N7O8S/c1-19(2)26(37-24(39)10-6-5-7-16-38-25(40)17-23(47-4)29(38)43)28(42)36-22(9-8-15-34-30(32)44)27(41)35-21-13-11-20(12-14-21)18-46-31(45)33-3/h11-14,19,22-23,26H,5-10,15-18H2,1-4H3,(H,33,45)(H,35,41)(H,36,42)(H,37,39)(H3,32,34,44)/t22-,23?,26-/m0/s1. The molecule has 0 bridgehead atoms. The number of amides is 8. The van der Waals surface area contributed by atoms with E-state index in [1.807, 2.05) is 0 Å². The van der Waals surface area contributed by atoms with Crippen LogP contribution in [0.25, 0.3) is 0 Å². The van der Waals surface area contributed by atoms with Gasteiger partial charge in [0.25, 0.3) is 0 Å². The number of nitrogens with two attached hydrogens (primary N) is 1. The molecule has 1 aliphatic rings. The molecule has 0 aromatic heterocycles. The zero-order valence-corrected chi connectivity index (χ0v) is 28.2. The second kappa shape index (κ2) is 20.0. The maximum atomic E-state index is 13.3. The summed E-state index contributed by atoms with van der Waals surface area (Å²) < 4.78 is 5.01. The van der Waals surface area contributed by atoms with Crippen molar-refractivity contribution in [2.24, 2.45) is 11.7 Å². The highest BCUT2D eigenvalue weighted by Crippen LogP contribution is 2.23. The van der Waals surface area contributed by atoms with E-state index < -0.39 is 36.0 Å². The van der Waals surface area contributed by atoms with Crippen LogP contribution >= 0.6 is 11.8 Å². The number of carbonyl (C=O) groups is 7. The molecule has 0 aliphatic carbocycles. The predicted octanol–water partition coefficient (Wildman–Crippen LogP) is 1.61. The van der Waals surface area contributed by atoms with Gasteiger partial charge in [-0.05, 0) is 55.6 Å². The number of ether oxygens (including phenoxy) is 1. The van der Waals surface area contributed by atoms with E-state index in [-0.39, 0.29) is 61.3 Å². The molecule has 1 aromatic rings. The first-order valence-corrected chi connectivity index (χ1v) is 16.9. The van der Waals surface area contributed by atoms with Gasteiger partial charge in [0, 0.05) is 38.7 Å². The molecule has 0 radical (unpaired) electrons. The average molecular weight is 678 g/mol. The maximum Gasteiger partial charge on any atom is 0.407 e. The van der Waals surface area contributed by atoms with Crippen molar-refractivity contribution >= 4 is 59.1 Å². The van der Waals surface area contributed by atoms with Gasteiger partial charge >= 0.3 is 12.1 Å². The van der Waals surface area contributed by atoms with Crippen molar-refractivity contribution in [1.82, 2.24) is 26.2 Å². The molecule has 1 saturated heterocycles. The molecule has 0 saturated carbocycles. The van der Waals surface area contributed by atoms with Crippen LogP contribution < -0.4 is 32.3 Å². The fourth-order valence-electron chi connectivity index (χ4n) is 4.77. The number of hydrogen-bond donors (Lipinski definition) is 6. The summed E-state index contributed by atoms with van der Waals surface area (Å²) in [6.07, 6.45) is 3.82. The summed E-state index contributed by atoms with van der Waals surface area (Å²) >= 11 is 1.37. The second-order valence-electron chi connectivity index (χ2n) is 11.4. The van der Waals surface area contributed by atoms with Crippen LogP contribution in [-0.4, -0.2) is 90.3 Å². The third kappa shape index (κ3) is 13.5. The van der Waals surface area contributed by atoms with Crippen molar-refractivity contribution in [3.8, 4) is 0 Å². The van der Waals surface area contributed by atoms with Gasteiger partial charge in [0.15, 0.2) is 0 Å². The van der Waals surface area contributed by atoms with Gasteiger partial charge in [-0.2, -0.15) is 11.8 Å². The van der Waals surface area contributed by atoms with E-state index in [0.29, 0.717) is 43.5 Å². The summed E-state index contributed by atoms with van der Waals surface area (Å²) in [4.78, 5) is 87.4. The molecule has 1 aromatic carbocycles. The molecule has 8 amide bonds. The van der Waals surface area contributed by atoms with Crippen molar-refractivity contribution in [2.45, 2.75) is 82.7 Å². The monoisotopic (exact) mass is 677 g/mol. The minimum absolute atomic E-state index is 0.0428. The fourth-order valence-corrected chi connectivity index (χ4v) is 5.41. The minimum atomic E-state index is -0.992. The molecular formula is C31H47N7O8S. The fraction of sp³-hybridized carbons (Fsp3) is 0.581. The SMILES string of the molecule is CNC(=O)OCc1ccc(NC(=O)[C@H](CCCNC(N)=O)NC(=O)[C@@H](NC(=O)CCCCCN2C(=O)CC(SC)C2=O)C(C)C)cc1. The van der Waals surface area contributed by atoms with Crippen LogP contribution in [0.5, 0.6) is 0 Å². The molecule has 1 unspecified atom stereocenters. The van der Waals surface area contributed by atoms with Crippen molar-refractivity contribution in [2.75, 3.05) is 31.7 Å². The normalized spacial score (nSPS) is 15.5. The van der Waals surface area contributed by atoms with Crippen LogP contribution in [-0.2, 0) is 35.3 Å². The summed E-state index contributed by atoms with van der Waals surface area (Å²) in [6.45, 7) is 4.11. The number of hydrogen-bond acceptors (Lipinski definition) is 9. The highest BCUT2D eigenvalue weighted by Gasteiger charge is 2.37. The zero-order valence-electron chi connectivity index (χ0n) is 27.4. The number of carbonyl (C=O) groups excluding carboxylic acids is 7. The largest absolute Gasteiger partial charge is 0.445 e. The first-order chi connectivity index (χ1) is 22.4. The smallest absolute Gasteiger partial charge is 0.407 e. The van der Waals surface area contributed by atoms with E-state index in [9.17, 15) is 33.6 Å². The molecule has 7 N–H and O–H groups in total. The quantitative estimate of drug-likeness (QED) is 0.0924. The molecule has 15 nitrogen and oxygen atoms in total. The van der Waals surface area contributed by atoms with Crippen LogP contribution in [0.15, 0.2) is 24.3 Å². The number of unbranched alkanes of at least 4 members (excludes halogenated alkanes) is 2. The summed E-state index contributed by atoms with van der Waals surface area (Å²) in [7, 11) is 1.45. The van der Waals surface area contributed by atoms with Crippen LogP contribution in [0.1, 0.15) is 64.4 Å². The molecule has 0 spiro atoms. The van der Waals surface area contributed by atoms with Crippen molar-refractivity contribution < 1.29 is 38.3 Å². The Balaban J connectivity index is 1.93. The number of anilines is 1. The number of nitrogens with zero attached hydrogens (tertiary/aromatic N) is 1. The highest BCUT2D eigenvalue weighted by atomic mass is 32.2. The minimum Gasteiger partial charge on any atom is -0.445 e. The van der Waals surface area contributed by atoms with Crippen LogP contribution in [0.3, 0.4) is 0 Å². The predicted molar refractivity (Wildman–Crippen MR) is 177 cm³/mol. The van der Waals surface area contributed by atoms with E-state index in [2.05, 4.69) is 26.6 Å². The Morgan fingerprint density at radius 3 is 2.30 bits per heavy atom. The highest BCUT2D eigenvalue weighted by molar-refractivity contribution is 8.00. The number of benzene rings is 1. The number of imide groups is 1. The van der Waals surface area contributed by atoms with Crippen LogP contribution in [0, 0.1) is 5.92 Å². The molecule has 1 aliphatic heterocycles. The molecule has 260 valence electrons. The molecule has 1 fully saturated rings.